The second kappa shape index (κ2) is 6.95. The Bertz CT molecular complexity index is 408. The zero-order chi connectivity index (χ0) is 12.7. The minimum Gasteiger partial charge on any atom is -0.340 e. The van der Waals surface area contributed by atoms with Crippen LogP contribution in [0.5, 0.6) is 0 Å². The van der Waals surface area contributed by atoms with Crippen molar-refractivity contribution in [2.45, 2.75) is 6.54 Å². The Labute approximate surface area is 107 Å². The van der Waals surface area contributed by atoms with E-state index in [1.54, 1.807) is 11.9 Å². The Balaban J connectivity index is 2.43. The van der Waals surface area contributed by atoms with Crippen molar-refractivity contribution in [3.63, 3.8) is 0 Å². The van der Waals surface area contributed by atoms with Gasteiger partial charge < -0.3 is 4.90 Å². The second-order valence-corrected chi connectivity index (χ2v) is 4.12. The van der Waals surface area contributed by atoms with E-state index in [0.717, 1.165) is 5.56 Å². The molecular weight excluding hydrogens is 236 g/mol. The molecule has 3 nitrogen and oxygen atoms in total. The summed E-state index contributed by atoms with van der Waals surface area (Å²) in [5.74, 6) is 2.43. The highest BCUT2D eigenvalue weighted by Gasteiger charge is 2.08. The fourth-order valence-electron chi connectivity index (χ4n) is 1.33. The van der Waals surface area contributed by atoms with Gasteiger partial charge in [-0.1, -0.05) is 29.7 Å². The monoisotopic (exact) mass is 250 g/mol. The number of terminal acetylenes is 1. The van der Waals surface area contributed by atoms with E-state index in [0.29, 0.717) is 18.1 Å². The molecule has 0 aromatic heterocycles. The Hall–Kier alpha value is -1.50. The summed E-state index contributed by atoms with van der Waals surface area (Å²) in [4.78, 5) is 13.3. The van der Waals surface area contributed by atoms with E-state index in [4.69, 9.17) is 18.0 Å². The Morgan fingerprint density at radius 2 is 2.12 bits per heavy atom. The molecule has 1 amide bonds. The number of nitrogens with one attached hydrogen (secondary N) is 1. The van der Waals surface area contributed by atoms with Crippen molar-refractivity contribution in [3.05, 3.63) is 34.9 Å². The van der Waals surface area contributed by atoms with Crippen LogP contribution < -0.4 is 5.32 Å². The average molecular weight is 251 g/mol. The number of nitrogens with zero attached hydrogens (tertiary/aromatic N) is 1. The molecule has 0 bridgehead atoms. The molecule has 0 atom stereocenters. The van der Waals surface area contributed by atoms with Crippen molar-refractivity contribution >= 4 is 17.5 Å². The van der Waals surface area contributed by atoms with Crippen molar-refractivity contribution in [1.29, 1.82) is 0 Å². The lowest BCUT2D eigenvalue weighted by molar-refractivity contribution is -0.129. The quantitative estimate of drug-likeness (QED) is 0.635. The van der Waals surface area contributed by atoms with Gasteiger partial charge in [-0.05, 0) is 17.7 Å². The summed E-state index contributed by atoms with van der Waals surface area (Å²) in [6.07, 6.45) is 5.08. The van der Waals surface area contributed by atoms with E-state index in [2.05, 4.69) is 11.2 Å². The number of hydrogen-bond acceptors (Lipinski definition) is 2. The summed E-state index contributed by atoms with van der Waals surface area (Å²) in [6.45, 7) is 1.22. The van der Waals surface area contributed by atoms with E-state index in [1.807, 2.05) is 24.3 Å². The number of amides is 1. The first-order chi connectivity index (χ1) is 8.13. The molecule has 0 aliphatic heterocycles. The minimum absolute atomic E-state index is 0.00944. The molecule has 4 heteroatoms. The summed E-state index contributed by atoms with van der Waals surface area (Å²) in [5.41, 5.74) is 1.04. The highest BCUT2D eigenvalue weighted by atomic mass is 35.5. The van der Waals surface area contributed by atoms with Gasteiger partial charge in [-0.3, -0.25) is 10.1 Å². The molecule has 0 fully saturated rings. The van der Waals surface area contributed by atoms with Gasteiger partial charge in [0.05, 0.1) is 13.1 Å². The fourth-order valence-corrected chi connectivity index (χ4v) is 1.45. The van der Waals surface area contributed by atoms with Crippen LogP contribution >= 0.6 is 11.6 Å². The van der Waals surface area contributed by atoms with Gasteiger partial charge in [-0.15, -0.1) is 6.42 Å². The number of rotatable bonds is 5. The molecule has 0 unspecified atom stereocenters. The molecule has 0 aliphatic rings. The fraction of sp³-hybridized carbons (Fsp3) is 0.308. The maximum Gasteiger partial charge on any atom is 0.236 e. The first-order valence-corrected chi connectivity index (χ1v) is 5.64. The van der Waals surface area contributed by atoms with Gasteiger partial charge in [0.1, 0.15) is 0 Å². The third kappa shape index (κ3) is 4.90. The molecule has 0 radical (unpaired) electrons. The molecule has 1 N–H and O–H groups in total. The largest absolute Gasteiger partial charge is 0.340 e. The topological polar surface area (TPSA) is 32.3 Å². The number of likely N-dealkylation sites (N-methyl/N-ethyl adjacent to an activating group) is 1. The molecule has 90 valence electrons. The molecule has 1 rings (SSSR count). The third-order valence-electron chi connectivity index (χ3n) is 2.26. The van der Waals surface area contributed by atoms with Crippen LogP contribution in [0.2, 0.25) is 5.02 Å². The van der Waals surface area contributed by atoms with E-state index < -0.39 is 0 Å². The normalized spacial score (nSPS) is 9.71. The second-order valence-electron chi connectivity index (χ2n) is 3.68. The van der Waals surface area contributed by atoms with Crippen LogP contribution in [0.25, 0.3) is 0 Å². The molecule has 17 heavy (non-hydrogen) atoms. The number of carbonyl (C=O) groups excluding carboxylic acids is 1. The van der Waals surface area contributed by atoms with Crippen molar-refractivity contribution in [1.82, 2.24) is 10.2 Å². The molecule has 0 saturated heterocycles. The molecule has 1 aromatic carbocycles. The lowest BCUT2D eigenvalue weighted by Crippen LogP contribution is -2.35. The van der Waals surface area contributed by atoms with Gasteiger partial charge in [0.15, 0.2) is 0 Å². The van der Waals surface area contributed by atoms with Crippen LogP contribution in [-0.4, -0.2) is 30.9 Å². The van der Waals surface area contributed by atoms with Gasteiger partial charge in [0.2, 0.25) is 5.91 Å². The predicted octanol–water partition coefficient (Wildman–Crippen LogP) is 1.52. The summed E-state index contributed by atoms with van der Waals surface area (Å²) in [6, 6.07) is 7.43. The van der Waals surface area contributed by atoms with E-state index >= 15 is 0 Å². The first kappa shape index (κ1) is 13.6. The molecule has 0 heterocycles. The number of hydrogen-bond donors (Lipinski definition) is 1. The SMILES string of the molecule is C#CCNCC(=O)N(C)Cc1ccc(Cl)cc1. The lowest BCUT2D eigenvalue weighted by atomic mass is 10.2. The van der Waals surface area contributed by atoms with Gasteiger partial charge in [-0.25, -0.2) is 0 Å². The summed E-state index contributed by atoms with van der Waals surface area (Å²) in [5, 5.41) is 3.56. The van der Waals surface area contributed by atoms with Crippen molar-refractivity contribution in [2.75, 3.05) is 20.1 Å². The predicted molar refractivity (Wildman–Crippen MR) is 69.6 cm³/mol. The lowest BCUT2D eigenvalue weighted by Gasteiger charge is -2.17. The first-order valence-electron chi connectivity index (χ1n) is 5.26. The van der Waals surface area contributed by atoms with Crippen LogP contribution in [0.4, 0.5) is 0 Å². The van der Waals surface area contributed by atoms with Crippen LogP contribution in [-0.2, 0) is 11.3 Å². The van der Waals surface area contributed by atoms with Crippen molar-refractivity contribution in [3.8, 4) is 12.3 Å². The zero-order valence-corrected chi connectivity index (χ0v) is 10.5. The molecule has 0 aliphatic carbocycles. The molecule has 0 saturated carbocycles. The van der Waals surface area contributed by atoms with E-state index in [-0.39, 0.29) is 12.5 Å². The highest BCUT2D eigenvalue weighted by Crippen LogP contribution is 2.10. The molecule has 0 spiro atoms. The Morgan fingerprint density at radius 3 is 2.71 bits per heavy atom. The third-order valence-corrected chi connectivity index (χ3v) is 2.51. The van der Waals surface area contributed by atoms with E-state index in [1.165, 1.54) is 0 Å². The van der Waals surface area contributed by atoms with Gasteiger partial charge in [0.25, 0.3) is 0 Å². The average Bonchev–Trinajstić information content (AvgIpc) is 2.32. The van der Waals surface area contributed by atoms with Gasteiger partial charge in [-0.2, -0.15) is 0 Å². The smallest absolute Gasteiger partial charge is 0.236 e. The van der Waals surface area contributed by atoms with Crippen LogP contribution in [0.3, 0.4) is 0 Å². The molecule has 1 aromatic rings. The summed E-state index contributed by atoms with van der Waals surface area (Å²) in [7, 11) is 1.76. The highest BCUT2D eigenvalue weighted by molar-refractivity contribution is 6.30. The van der Waals surface area contributed by atoms with Crippen LogP contribution in [0.1, 0.15) is 5.56 Å². The van der Waals surface area contributed by atoms with Crippen molar-refractivity contribution in [2.24, 2.45) is 0 Å². The number of carbonyl (C=O) groups is 1. The minimum atomic E-state index is 0.00944. The summed E-state index contributed by atoms with van der Waals surface area (Å²) < 4.78 is 0. The molecular formula is C13H15ClN2O. The summed E-state index contributed by atoms with van der Waals surface area (Å²) >= 11 is 5.79. The number of halogens is 1. The maximum absolute atomic E-state index is 11.7. The van der Waals surface area contributed by atoms with E-state index in [9.17, 15) is 4.79 Å². The van der Waals surface area contributed by atoms with Crippen LogP contribution in [0, 0.1) is 12.3 Å². The van der Waals surface area contributed by atoms with Gasteiger partial charge >= 0.3 is 0 Å². The van der Waals surface area contributed by atoms with Gasteiger partial charge in [0, 0.05) is 18.6 Å². The maximum atomic E-state index is 11.7. The number of benzene rings is 1. The Morgan fingerprint density at radius 1 is 1.47 bits per heavy atom. The Kier molecular flexibility index (Phi) is 5.55. The van der Waals surface area contributed by atoms with Crippen molar-refractivity contribution < 1.29 is 4.79 Å². The zero-order valence-electron chi connectivity index (χ0n) is 9.74. The standard InChI is InChI=1S/C13H15ClN2O/c1-3-8-15-9-13(17)16(2)10-11-4-6-12(14)7-5-11/h1,4-7,15H,8-10H2,2H3. The van der Waals surface area contributed by atoms with Crippen LogP contribution in [0.15, 0.2) is 24.3 Å².